The molecule has 0 spiro atoms. The van der Waals surface area contributed by atoms with Crippen LogP contribution in [0.15, 0.2) is 0 Å². The van der Waals surface area contributed by atoms with E-state index < -0.39 is 5.97 Å². The van der Waals surface area contributed by atoms with Crippen LogP contribution in [-0.2, 0) is 4.79 Å². The molecule has 0 saturated carbocycles. The fraction of sp³-hybridized carbons (Fsp3) is 0.500. The molecule has 0 radical (unpaired) electrons. The lowest BCUT2D eigenvalue weighted by Gasteiger charge is -1.69. The molecule has 0 saturated heterocycles. The van der Waals surface area contributed by atoms with Gasteiger partial charge in [-0.1, -0.05) is 0 Å². The predicted octanol–water partition coefficient (Wildman–Crippen LogP) is -1.34. The summed E-state index contributed by atoms with van der Waals surface area (Å²) in [6.45, 7) is 0. The van der Waals surface area contributed by atoms with Gasteiger partial charge in [0.05, 0.1) is 0 Å². The van der Waals surface area contributed by atoms with Crippen molar-refractivity contribution >= 4 is 17.6 Å². The van der Waals surface area contributed by atoms with Crippen LogP contribution in [0.3, 0.4) is 0 Å². The van der Waals surface area contributed by atoms with Gasteiger partial charge in [0.2, 0.25) is 0 Å². The van der Waals surface area contributed by atoms with Crippen molar-refractivity contribution in [3.05, 3.63) is 0 Å². The Hall–Kier alpha value is -0.320. The zero-order valence-electron chi connectivity index (χ0n) is 3.44. The Labute approximate surface area is 45.3 Å². The fourth-order valence-corrected chi connectivity index (χ4v) is 0. The first kappa shape index (κ1) is 15.9. The molecule has 0 amide bonds. The average molecular weight is 131 g/mol. The highest BCUT2D eigenvalue weighted by Crippen LogP contribution is 1.67. The van der Waals surface area contributed by atoms with Gasteiger partial charge >= 0.3 is 5.97 Å². The average Bonchev–Trinajstić information content (AvgIpc) is 1.38. The molecule has 0 aromatic carbocycles. The molecule has 0 rings (SSSR count). The Balaban J connectivity index is -0.0000000800. The number of alkyl halides is 1. The van der Waals surface area contributed by atoms with Crippen LogP contribution in [0.2, 0.25) is 0 Å². The molecule has 4 nitrogen and oxygen atoms in total. The Morgan fingerprint density at radius 3 is 1.71 bits per heavy atom. The first-order valence-electron chi connectivity index (χ1n) is 1.05. The van der Waals surface area contributed by atoms with Crippen LogP contribution in [0.25, 0.3) is 0 Å². The molecule has 0 aromatic rings. The van der Waals surface area contributed by atoms with Crippen LogP contribution in [0.5, 0.6) is 0 Å². The van der Waals surface area contributed by atoms with E-state index in [1.807, 2.05) is 0 Å². The summed E-state index contributed by atoms with van der Waals surface area (Å²) in [6, 6.07) is 0. The number of hydrogen-bond acceptors (Lipinski definition) is 1. The molecular weight excluding hydrogens is 123 g/mol. The lowest BCUT2D eigenvalue weighted by molar-refractivity contribution is -0.134. The van der Waals surface area contributed by atoms with Crippen molar-refractivity contribution in [2.75, 3.05) is 5.88 Å². The van der Waals surface area contributed by atoms with Gasteiger partial charge in [0, 0.05) is 0 Å². The summed E-state index contributed by atoms with van der Waals surface area (Å²) in [6.07, 6.45) is 0. The van der Waals surface area contributed by atoms with Crippen LogP contribution in [0, 0.1) is 0 Å². The van der Waals surface area contributed by atoms with Gasteiger partial charge in [0.25, 0.3) is 0 Å². The van der Waals surface area contributed by atoms with Gasteiger partial charge in [0.15, 0.2) is 0 Å². The highest BCUT2D eigenvalue weighted by molar-refractivity contribution is 6.26. The largest absolute Gasteiger partial charge is 0.480 e. The van der Waals surface area contributed by atoms with E-state index in [4.69, 9.17) is 16.7 Å². The topological polar surface area (TPSA) is 100 Å². The second-order valence-corrected chi connectivity index (χ2v) is 0.795. The number of carboxylic acid groups (broad SMARTS) is 1. The third-order valence-electron chi connectivity index (χ3n) is 0.114. The molecule has 0 aromatic heterocycles. The Bertz CT molecular complexity index is 45.0. The van der Waals surface area contributed by atoms with Gasteiger partial charge in [-0.05, 0) is 0 Å². The lowest BCUT2D eigenvalue weighted by Crippen LogP contribution is -1.92. The standard InChI is InChI=1S/C2H3ClO2.2H2O/c3-1-2(4)5;;/h1H2,(H,4,5);2*1H2. The van der Waals surface area contributed by atoms with E-state index in [1.54, 1.807) is 0 Å². The molecular formula is C2H7ClO4. The zero-order valence-corrected chi connectivity index (χ0v) is 4.20. The fourth-order valence-electron chi connectivity index (χ4n) is 0. The molecule has 5 heteroatoms. The maximum atomic E-state index is 9.24. The molecule has 0 heterocycles. The van der Waals surface area contributed by atoms with Gasteiger partial charge in [-0.15, -0.1) is 11.6 Å². The smallest absolute Gasteiger partial charge is 0.318 e. The molecule has 0 bridgehead atoms. The number of carboxylic acids is 1. The number of rotatable bonds is 1. The minimum absolute atomic E-state index is 0. The van der Waals surface area contributed by atoms with E-state index >= 15 is 0 Å². The van der Waals surface area contributed by atoms with Crippen molar-refractivity contribution in [2.45, 2.75) is 0 Å². The molecule has 0 aliphatic heterocycles. The molecule has 7 heavy (non-hydrogen) atoms. The third kappa shape index (κ3) is 27.3. The predicted molar refractivity (Wildman–Crippen MR) is 25.6 cm³/mol. The monoisotopic (exact) mass is 130 g/mol. The maximum absolute atomic E-state index is 9.24. The third-order valence-corrected chi connectivity index (χ3v) is 0.343. The highest BCUT2D eigenvalue weighted by atomic mass is 35.5. The van der Waals surface area contributed by atoms with Crippen molar-refractivity contribution in [3.63, 3.8) is 0 Å². The quantitative estimate of drug-likeness (QED) is 0.444. The van der Waals surface area contributed by atoms with Crippen molar-refractivity contribution in [3.8, 4) is 0 Å². The molecule has 0 unspecified atom stereocenters. The van der Waals surface area contributed by atoms with Gasteiger partial charge < -0.3 is 16.1 Å². The van der Waals surface area contributed by atoms with Crippen LogP contribution >= 0.6 is 11.6 Å². The normalized spacial score (nSPS) is 5.29. The highest BCUT2D eigenvalue weighted by Gasteiger charge is 1.83. The van der Waals surface area contributed by atoms with Crippen LogP contribution < -0.4 is 0 Å². The first-order valence-corrected chi connectivity index (χ1v) is 1.58. The SMILES string of the molecule is O.O.O=C(O)CCl. The molecule has 0 atom stereocenters. The van der Waals surface area contributed by atoms with Crippen molar-refractivity contribution < 1.29 is 20.9 Å². The van der Waals surface area contributed by atoms with Crippen molar-refractivity contribution in [1.82, 2.24) is 0 Å². The lowest BCUT2D eigenvalue weighted by atomic mass is 10.8. The van der Waals surface area contributed by atoms with E-state index in [1.165, 1.54) is 0 Å². The second-order valence-electron chi connectivity index (χ2n) is 0.527. The number of hydrogen-bond donors (Lipinski definition) is 1. The maximum Gasteiger partial charge on any atom is 0.318 e. The summed E-state index contributed by atoms with van der Waals surface area (Å²) < 4.78 is 0. The molecule has 5 N–H and O–H groups in total. The Kier molecular flexibility index (Phi) is 20.9. The van der Waals surface area contributed by atoms with Crippen molar-refractivity contribution in [2.24, 2.45) is 0 Å². The summed E-state index contributed by atoms with van der Waals surface area (Å²) in [5.41, 5.74) is 0. The number of aliphatic carboxylic acids is 1. The van der Waals surface area contributed by atoms with Crippen LogP contribution in [0.1, 0.15) is 0 Å². The van der Waals surface area contributed by atoms with E-state index in [-0.39, 0.29) is 16.8 Å². The molecule has 46 valence electrons. The zero-order chi connectivity index (χ0) is 4.28. The number of halogens is 1. The summed E-state index contributed by atoms with van der Waals surface area (Å²) in [5.74, 6) is -1.29. The summed E-state index contributed by atoms with van der Waals surface area (Å²) >= 11 is 4.74. The van der Waals surface area contributed by atoms with Gasteiger partial charge in [-0.2, -0.15) is 0 Å². The summed E-state index contributed by atoms with van der Waals surface area (Å²) in [4.78, 5) is 9.24. The molecule has 0 aliphatic rings. The minimum Gasteiger partial charge on any atom is -0.480 e. The van der Waals surface area contributed by atoms with E-state index in [9.17, 15) is 4.79 Å². The molecule has 0 fully saturated rings. The van der Waals surface area contributed by atoms with Crippen LogP contribution in [0.4, 0.5) is 0 Å². The van der Waals surface area contributed by atoms with E-state index in [2.05, 4.69) is 0 Å². The minimum atomic E-state index is -0.980. The molecule has 0 aliphatic carbocycles. The van der Waals surface area contributed by atoms with Crippen LogP contribution in [-0.4, -0.2) is 27.9 Å². The number of carbonyl (C=O) groups is 1. The second kappa shape index (κ2) is 9.19. The Morgan fingerprint density at radius 1 is 1.57 bits per heavy atom. The van der Waals surface area contributed by atoms with E-state index in [0.29, 0.717) is 0 Å². The van der Waals surface area contributed by atoms with Crippen molar-refractivity contribution in [1.29, 1.82) is 0 Å². The summed E-state index contributed by atoms with van der Waals surface area (Å²) in [5, 5.41) is 7.59. The van der Waals surface area contributed by atoms with Gasteiger partial charge in [-0.3, -0.25) is 4.79 Å². The van der Waals surface area contributed by atoms with Gasteiger partial charge in [-0.25, -0.2) is 0 Å². The van der Waals surface area contributed by atoms with E-state index in [0.717, 1.165) is 0 Å². The van der Waals surface area contributed by atoms with Gasteiger partial charge in [0.1, 0.15) is 5.88 Å². The summed E-state index contributed by atoms with van der Waals surface area (Å²) in [7, 11) is 0. The Morgan fingerprint density at radius 2 is 1.71 bits per heavy atom. The first-order chi connectivity index (χ1) is 2.27.